The highest BCUT2D eigenvalue weighted by atomic mass is 16.6. The van der Waals surface area contributed by atoms with Crippen LogP contribution in [-0.4, -0.2) is 61.6 Å². The average molecular weight is 409 g/mol. The number of carbonyl (C=O) groups is 1. The molecule has 30 heavy (non-hydrogen) atoms. The maximum absolute atomic E-state index is 12.4. The quantitative estimate of drug-likeness (QED) is 0.701. The molecular weight excluding hydrogens is 386 g/mol. The van der Waals surface area contributed by atoms with E-state index in [9.17, 15) is 4.79 Å². The van der Waals surface area contributed by atoms with Crippen LogP contribution in [-0.2, 0) is 4.74 Å². The molecule has 156 valence electrons. The minimum Gasteiger partial charge on any atom is -0.480 e. The van der Waals surface area contributed by atoms with Crippen molar-refractivity contribution in [2.75, 3.05) is 25.5 Å². The second kappa shape index (κ2) is 7.62. The maximum atomic E-state index is 12.4. The fourth-order valence-electron chi connectivity index (χ4n) is 3.06. The number of nitrogens with one attached hydrogen (secondary N) is 1. The predicted octanol–water partition coefficient (Wildman–Crippen LogP) is 2.91. The van der Waals surface area contributed by atoms with Crippen LogP contribution in [0.4, 0.5) is 16.3 Å². The topological polar surface area (TPSA) is 107 Å². The van der Waals surface area contributed by atoms with Gasteiger partial charge in [0.15, 0.2) is 11.5 Å². The number of hydrogen-bond acceptors (Lipinski definition) is 8. The first-order valence-electron chi connectivity index (χ1n) is 9.48. The lowest BCUT2D eigenvalue weighted by molar-refractivity contribution is 0.0306. The van der Waals surface area contributed by atoms with E-state index in [-0.39, 0.29) is 6.09 Å². The number of ether oxygens (including phenoxy) is 2. The van der Waals surface area contributed by atoms with E-state index in [4.69, 9.17) is 9.47 Å². The largest absolute Gasteiger partial charge is 0.480 e. The highest BCUT2D eigenvalue weighted by Gasteiger charge is 2.26. The highest BCUT2D eigenvalue weighted by molar-refractivity contribution is 5.81. The van der Waals surface area contributed by atoms with E-state index in [1.165, 1.54) is 13.4 Å². The van der Waals surface area contributed by atoms with Gasteiger partial charge in [0.05, 0.1) is 12.8 Å². The van der Waals surface area contributed by atoms with Crippen LogP contribution in [0.15, 0.2) is 36.8 Å². The van der Waals surface area contributed by atoms with Gasteiger partial charge in [0, 0.05) is 25.4 Å². The molecule has 1 aliphatic heterocycles. The summed E-state index contributed by atoms with van der Waals surface area (Å²) >= 11 is 0. The molecule has 0 saturated heterocycles. The molecule has 0 radical (unpaired) electrons. The molecule has 1 N–H and O–H groups in total. The smallest absolute Gasteiger partial charge is 0.410 e. The van der Waals surface area contributed by atoms with Crippen LogP contribution >= 0.6 is 0 Å². The SMILES string of the molecule is COc1ccc(Nc2cc(C3=CCN(C(=O)OC(C)(C)C)C3)cn3ncnc23)nn1. The maximum Gasteiger partial charge on any atom is 0.410 e. The summed E-state index contributed by atoms with van der Waals surface area (Å²) < 4.78 is 12.2. The number of pyridine rings is 1. The molecule has 4 rings (SSSR count). The van der Waals surface area contributed by atoms with Crippen molar-refractivity contribution in [3.05, 3.63) is 42.4 Å². The molecule has 10 nitrogen and oxygen atoms in total. The second-order valence-corrected chi connectivity index (χ2v) is 7.85. The van der Waals surface area contributed by atoms with Crippen molar-refractivity contribution in [2.24, 2.45) is 0 Å². The van der Waals surface area contributed by atoms with E-state index >= 15 is 0 Å². The second-order valence-electron chi connectivity index (χ2n) is 7.85. The zero-order valence-electron chi connectivity index (χ0n) is 17.3. The van der Waals surface area contributed by atoms with Gasteiger partial charge in [-0.1, -0.05) is 6.08 Å². The van der Waals surface area contributed by atoms with Crippen LogP contribution < -0.4 is 10.1 Å². The molecule has 0 spiro atoms. The van der Waals surface area contributed by atoms with Gasteiger partial charge in [-0.05, 0) is 44.0 Å². The molecule has 0 fully saturated rings. The lowest BCUT2D eigenvalue weighted by Crippen LogP contribution is -2.35. The lowest BCUT2D eigenvalue weighted by atomic mass is 10.1. The standard InChI is InChI=1S/C20H23N7O3/c1-20(2,3)30-19(28)26-8-7-13(10-26)14-9-15(18-21-12-22-27(18)11-14)23-16-5-6-17(29-4)25-24-16/h5-7,9,11-12H,8,10H2,1-4H3,(H,23,24). The number of anilines is 2. The zero-order chi connectivity index (χ0) is 21.3. The fourth-order valence-corrected chi connectivity index (χ4v) is 3.06. The van der Waals surface area contributed by atoms with E-state index < -0.39 is 5.60 Å². The van der Waals surface area contributed by atoms with Crippen LogP contribution in [0.2, 0.25) is 0 Å². The predicted molar refractivity (Wildman–Crippen MR) is 111 cm³/mol. The third-order valence-corrected chi connectivity index (χ3v) is 4.43. The Labute approximate surface area is 173 Å². The van der Waals surface area contributed by atoms with Gasteiger partial charge in [0.1, 0.15) is 11.9 Å². The summed E-state index contributed by atoms with van der Waals surface area (Å²) in [6.45, 7) is 6.51. The van der Waals surface area contributed by atoms with Gasteiger partial charge >= 0.3 is 6.09 Å². The van der Waals surface area contributed by atoms with Crippen molar-refractivity contribution in [3.8, 4) is 5.88 Å². The van der Waals surface area contributed by atoms with E-state index in [1.807, 2.05) is 39.1 Å². The van der Waals surface area contributed by atoms with Crippen LogP contribution in [0.1, 0.15) is 26.3 Å². The fraction of sp³-hybridized carbons (Fsp3) is 0.350. The first kappa shape index (κ1) is 19.6. The molecule has 0 atom stereocenters. The summed E-state index contributed by atoms with van der Waals surface area (Å²) in [7, 11) is 1.54. The number of amides is 1. The van der Waals surface area contributed by atoms with E-state index in [0.29, 0.717) is 30.4 Å². The van der Waals surface area contributed by atoms with Gasteiger partial charge in [-0.2, -0.15) is 5.10 Å². The van der Waals surface area contributed by atoms with E-state index in [2.05, 4.69) is 25.6 Å². The summed E-state index contributed by atoms with van der Waals surface area (Å²) in [6, 6.07) is 5.45. The normalized spacial score (nSPS) is 14.0. The van der Waals surface area contributed by atoms with Crippen molar-refractivity contribution >= 4 is 28.8 Å². The number of nitrogens with zero attached hydrogens (tertiary/aromatic N) is 6. The van der Waals surface area contributed by atoms with Crippen molar-refractivity contribution < 1.29 is 14.3 Å². The monoisotopic (exact) mass is 409 g/mol. The minimum atomic E-state index is -0.532. The third kappa shape index (κ3) is 4.17. The summed E-state index contributed by atoms with van der Waals surface area (Å²) in [4.78, 5) is 18.3. The van der Waals surface area contributed by atoms with Crippen molar-refractivity contribution in [3.63, 3.8) is 0 Å². The van der Waals surface area contributed by atoms with E-state index in [1.54, 1.807) is 21.5 Å². The molecule has 0 bridgehead atoms. The summed E-state index contributed by atoms with van der Waals surface area (Å²) in [5.41, 5.74) is 2.76. The Balaban J connectivity index is 1.57. The molecule has 0 unspecified atom stereocenters. The van der Waals surface area contributed by atoms with Gasteiger partial charge in [-0.15, -0.1) is 10.2 Å². The van der Waals surface area contributed by atoms with Crippen LogP contribution in [0, 0.1) is 0 Å². The number of fused-ring (bicyclic) bond motifs is 1. The molecule has 0 aromatic carbocycles. The summed E-state index contributed by atoms with van der Waals surface area (Å²) in [5.74, 6) is 0.980. The van der Waals surface area contributed by atoms with Crippen molar-refractivity contribution in [1.82, 2.24) is 29.7 Å². The molecule has 3 aromatic rings. The molecule has 4 heterocycles. The van der Waals surface area contributed by atoms with Gasteiger partial charge in [-0.25, -0.2) is 14.3 Å². The number of hydrogen-bond donors (Lipinski definition) is 1. The first-order valence-corrected chi connectivity index (χ1v) is 9.48. The Bertz CT molecular complexity index is 1100. The van der Waals surface area contributed by atoms with E-state index in [0.717, 1.165) is 16.8 Å². The van der Waals surface area contributed by atoms with Gasteiger partial charge < -0.3 is 19.7 Å². The average Bonchev–Trinajstić information content (AvgIpc) is 3.37. The lowest BCUT2D eigenvalue weighted by Gasteiger charge is -2.24. The van der Waals surface area contributed by atoms with Gasteiger partial charge in [0.2, 0.25) is 5.88 Å². The molecular formula is C20H23N7O3. The van der Waals surface area contributed by atoms with Crippen molar-refractivity contribution in [1.29, 1.82) is 0 Å². The van der Waals surface area contributed by atoms with Gasteiger partial charge in [0.25, 0.3) is 0 Å². The molecule has 10 heteroatoms. The Morgan fingerprint density at radius 2 is 2.07 bits per heavy atom. The summed E-state index contributed by atoms with van der Waals surface area (Å²) in [5, 5.41) is 15.6. The number of rotatable bonds is 4. The van der Waals surface area contributed by atoms with Crippen molar-refractivity contribution in [2.45, 2.75) is 26.4 Å². The molecule has 0 aliphatic carbocycles. The van der Waals surface area contributed by atoms with Crippen LogP contribution in [0.3, 0.4) is 0 Å². The van der Waals surface area contributed by atoms with Gasteiger partial charge in [-0.3, -0.25) is 0 Å². The summed E-state index contributed by atoms with van der Waals surface area (Å²) in [6.07, 6.45) is 5.05. The minimum absolute atomic E-state index is 0.331. The molecule has 3 aromatic heterocycles. The Morgan fingerprint density at radius 3 is 2.77 bits per heavy atom. The highest BCUT2D eigenvalue weighted by Crippen LogP contribution is 2.28. The Hall–Kier alpha value is -3.69. The number of aromatic nitrogens is 5. The first-order chi connectivity index (χ1) is 14.3. The molecule has 1 aliphatic rings. The van der Waals surface area contributed by atoms with Crippen LogP contribution in [0.5, 0.6) is 5.88 Å². The molecule has 0 saturated carbocycles. The Morgan fingerprint density at radius 1 is 1.23 bits per heavy atom. The molecule has 1 amide bonds. The van der Waals surface area contributed by atoms with Crippen LogP contribution in [0.25, 0.3) is 11.2 Å². The third-order valence-electron chi connectivity index (χ3n) is 4.43. The Kier molecular flexibility index (Phi) is 4.98. The number of methoxy groups -OCH3 is 1. The number of carbonyl (C=O) groups excluding carboxylic acids is 1. The zero-order valence-corrected chi connectivity index (χ0v) is 17.3.